The molecule has 1 N–H and O–H groups in total. The van der Waals surface area contributed by atoms with Crippen LogP contribution in [0.1, 0.15) is 34.8 Å². The predicted molar refractivity (Wildman–Crippen MR) is 104 cm³/mol. The highest BCUT2D eigenvalue weighted by Crippen LogP contribution is 2.41. The molecule has 0 bridgehead atoms. The maximum Gasteiger partial charge on any atom is 0.252 e. The zero-order chi connectivity index (χ0) is 17.2. The van der Waals surface area contributed by atoms with Gasteiger partial charge >= 0.3 is 0 Å². The highest BCUT2D eigenvalue weighted by molar-refractivity contribution is 9.10. The van der Waals surface area contributed by atoms with Crippen LogP contribution >= 0.6 is 27.3 Å². The fourth-order valence-corrected chi connectivity index (χ4v) is 4.02. The lowest BCUT2D eigenvalue weighted by atomic mass is 10.2. The Morgan fingerprint density at radius 3 is 2.84 bits per heavy atom. The Hall–Kier alpha value is -1.92. The highest BCUT2D eigenvalue weighted by Gasteiger charge is 2.28. The fourth-order valence-electron chi connectivity index (χ4n) is 2.88. The Bertz CT molecular complexity index is 884. The van der Waals surface area contributed by atoms with Gasteiger partial charge in [0.05, 0.1) is 17.0 Å². The molecule has 25 heavy (non-hydrogen) atoms. The van der Waals surface area contributed by atoms with Crippen LogP contribution in [-0.4, -0.2) is 22.2 Å². The van der Waals surface area contributed by atoms with E-state index >= 15 is 0 Å². The van der Waals surface area contributed by atoms with Crippen molar-refractivity contribution in [3.8, 4) is 10.6 Å². The van der Waals surface area contributed by atoms with E-state index in [9.17, 15) is 4.79 Å². The summed E-state index contributed by atoms with van der Waals surface area (Å²) in [6, 6.07) is 13.8. The standard InChI is InChI=1S/C19H18BrN3OS/c20-15-5-2-1-4-14(15)19(24)21-9-10-23-17(13-7-8-13)12-16(22-23)18-6-3-11-25-18/h1-6,11-13H,7-10H2,(H,21,24). The summed E-state index contributed by atoms with van der Waals surface area (Å²) in [7, 11) is 0. The van der Waals surface area contributed by atoms with Crippen LogP contribution in [0.3, 0.4) is 0 Å². The third kappa shape index (κ3) is 3.70. The van der Waals surface area contributed by atoms with Crippen LogP contribution < -0.4 is 5.32 Å². The number of nitrogens with one attached hydrogen (secondary N) is 1. The van der Waals surface area contributed by atoms with Crippen molar-refractivity contribution in [3.63, 3.8) is 0 Å². The Morgan fingerprint density at radius 2 is 2.12 bits per heavy atom. The lowest BCUT2D eigenvalue weighted by molar-refractivity contribution is 0.0951. The van der Waals surface area contributed by atoms with Gasteiger partial charge in [-0.2, -0.15) is 5.10 Å². The molecular weight excluding hydrogens is 398 g/mol. The van der Waals surface area contributed by atoms with Crippen LogP contribution in [0, 0.1) is 0 Å². The molecule has 0 aliphatic heterocycles. The first-order chi connectivity index (χ1) is 12.2. The molecule has 1 fully saturated rings. The quantitative estimate of drug-likeness (QED) is 0.634. The van der Waals surface area contributed by atoms with Gasteiger partial charge in [0.2, 0.25) is 0 Å². The van der Waals surface area contributed by atoms with Crippen LogP contribution in [0.25, 0.3) is 10.6 Å². The minimum Gasteiger partial charge on any atom is -0.350 e. The van der Waals surface area contributed by atoms with E-state index in [1.807, 2.05) is 30.3 Å². The van der Waals surface area contributed by atoms with Gasteiger partial charge in [0, 0.05) is 22.6 Å². The summed E-state index contributed by atoms with van der Waals surface area (Å²) < 4.78 is 2.87. The van der Waals surface area contributed by atoms with E-state index in [-0.39, 0.29) is 5.91 Å². The molecule has 4 nitrogen and oxygen atoms in total. The predicted octanol–water partition coefficient (Wildman–Crippen LogP) is 4.68. The molecule has 0 unspecified atom stereocenters. The van der Waals surface area contributed by atoms with Gasteiger partial charge < -0.3 is 5.32 Å². The van der Waals surface area contributed by atoms with Gasteiger partial charge in [-0.1, -0.05) is 18.2 Å². The van der Waals surface area contributed by atoms with Crippen LogP contribution in [0.5, 0.6) is 0 Å². The molecule has 2 heterocycles. The molecule has 1 amide bonds. The number of hydrogen-bond acceptors (Lipinski definition) is 3. The van der Waals surface area contributed by atoms with Crippen LogP contribution in [0.15, 0.2) is 52.3 Å². The smallest absolute Gasteiger partial charge is 0.252 e. The summed E-state index contributed by atoms with van der Waals surface area (Å²) in [5.74, 6) is 0.561. The number of thiophene rings is 1. The number of halogens is 1. The van der Waals surface area contributed by atoms with E-state index in [1.54, 1.807) is 11.3 Å². The monoisotopic (exact) mass is 415 g/mol. The second-order valence-electron chi connectivity index (χ2n) is 6.16. The molecule has 128 valence electrons. The van der Waals surface area contributed by atoms with Gasteiger partial charge in [0.15, 0.2) is 0 Å². The van der Waals surface area contributed by atoms with E-state index in [1.165, 1.54) is 23.4 Å². The van der Waals surface area contributed by atoms with Crippen molar-refractivity contribution in [2.75, 3.05) is 6.54 Å². The summed E-state index contributed by atoms with van der Waals surface area (Å²) in [4.78, 5) is 13.5. The second-order valence-corrected chi connectivity index (χ2v) is 7.97. The summed E-state index contributed by atoms with van der Waals surface area (Å²) in [5.41, 5.74) is 2.98. The molecule has 0 spiro atoms. The molecule has 0 radical (unpaired) electrons. The number of benzene rings is 1. The molecule has 1 aliphatic rings. The fraction of sp³-hybridized carbons (Fsp3) is 0.263. The third-order valence-electron chi connectivity index (χ3n) is 4.31. The van der Waals surface area contributed by atoms with Gasteiger partial charge in [-0.05, 0) is 58.4 Å². The Labute approximate surface area is 159 Å². The van der Waals surface area contributed by atoms with Crippen molar-refractivity contribution in [1.82, 2.24) is 15.1 Å². The maximum absolute atomic E-state index is 12.3. The van der Waals surface area contributed by atoms with Crippen molar-refractivity contribution in [2.24, 2.45) is 0 Å². The van der Waals surface area contributed by atoms with Crippen LogP contribution in [-0.2, 0) is 6.54 Å². The highest BCUT2D eigenvalue weighted by atomic mass is 79.9. The molecule has 1 aromatic carbocycles. The molecule has 6 heteroatoms. The SMILES string of the molecule is O=C(NCCn1nc(-c2cccs2)cc1C1CC1)c1ccccc1Br. The summed E-state index contributed by atoms with van der Waals surface area (Å²) >= 11 is 5.13. The van der Waals surface area contributed by atoms with E-state index < -0.39 is 0 Å². The van der Waals surface area contributed by atoms with E-state index in [2.05, 4.69) is 43.4 Å². The lowest BCUT2D eigenvalue weighted by Crippen LogP contribution is -2.28. The zero-order valence-corrected chi connectivity index (χ0v) is 16.0. The molecule has 0 saturated heterocycles. The number of rotatable bonds is 6. The Kier molecular flexibility index (Phi) is 4.72. The maximum atomic E-state index is 12.3. The number of amides is 1. The van der Waals surface area contributed by atoms with E-state index in [4.69, 9.17) is 5.10 Å². The molecule has 3 aromatic rings. The van der Waals surface area contributed by atoms with Gasteiger partial charge in [0.1, 0.15) is 5.69 Å². The zero-order valence-electron chi connectivity index (χ0n) is 13.6. The second kappa shape index (κ2) is 7.14. The van der Waals surface area contributed by atoms with Crippen LogP contribution in [0.2, 0.25) is 0 Å². The van der Waals surface area contributed by atoms with Crippen molar-refractivity contribution in [3.05, 3.63) is 63.6 Å². The third-order valence-corrected chi connectivity index (χ3v) is 5.89. The Morgan fingerprint density at radius 1 is 1.28 bits per heavy atom. The lowest BCUT2D eigenvalue weighted by Gasteiger charge is -2.09. The normalized spacial score (nSPS) is 13.8. The summed E-state index contributed by atoms with van der Waals surface area (Å²) in [5, 5.41) is 9.83. The number of carbonyl (C=O) groups is 1. The summed E-state index contributed by atoms with van der Waals surface area (Å²) in [6.45, 7) is 1.25. The number of hydrogen-bond donors (Lipinski definition) is 1. The van der Waals surface area contributed by atoms with Gasteiger partial charge in [-0.15, -0.1) is 11.3 Å². The molecule has 1 aliphatic carbocycles. The number of carbonyl (C=O) groups excluding carboxylic acids is 1. The molecule has 0 atom stereocenters. The van der Waals surface area contributed by atoms with Gasteiger partial charge in [0.25, 0.3) is 5.91 Å². The molecule has 2 aromatic heterocycles. The Balaban J connectivity index is 1.44. The largest absolute Gasteiger partial charge is 0.350 e. The van der Waals surface area contributed by atoms with Crippen molar-refractivity contribution < 1.29 is 4.79 Å². The minimum absolute atomic E-state index is 0.0638. The van der Waals surface area contributed by atoms with Crippen molar-refractivity contribution in [2.45, 2.75) is 25.3 Å². The van der Waals surface area contributed by atoms with Crippen LogP contribution in [0.4, 0.5) is 0 Å². The number of nitrogens with zero attached hydrogens (tertiary/aromatic N) is 2. The molecule has 4 rings (SSSR count). The number of aromatic nitrogens is 2. The van der Waals surface area contributed by atoms with Gasteiger partial charge in [-0.3, -0.25) is 9.48 Å². The van der Waals surface area contributed by atoms with E-state index in [0.717, 1.165) is 10.2 Å². The van der Waals surface area contributed by atoms with Crippen molar-refractivity contribution >= 4 is 33.2 Å². The molecular formula is C19H18BrN3OS. The average Bonchev–Trinajstić information content (AvgIpc) is 3.14. The summed E-state index contributed by atoms with van der Waals surface area (Å²) in [6.07, 6.45) is 2.47. The average molecular weight is 416 g/mol. The van der Waals surface area contributed by atoms with E-state index in [0.29, 0.717) is 24.6 Å². The molecule has 1 saturated carbocycles. The first-order valence-corrected chi connectivity index (χ1v) is 10.0. The first kappa shape index (κ1) is 16.5. The topological polar surface area (TPSA) is 46.9 Å². The van der Waals surface area contributed by atoms with Gasteiger partial charge in [-0.25, -0.2) is 0 Å². The minimum atomic E-state index is -0.0638. The van der Waals surface area contributed by atoms with Crippen molar-refractivity contribution in [1.29, 1.82) is 0 Å². The first-order valence-electron chi connectivity index (χ1n) is 8.37.